The van der Waals surface area contributed by atoms with E-state index in [1.807, 2.05) is 30.3 Å². The van der Waals surface area contributed by atoms with Crippen molar-refractivity contribution in [3.8, 4) is 0 Å². The monoisotopic (exact) mass is 441 g/mol. The molecule has 2 heterocycles. The quantitative estimate of drug-likeness (QED) is 0.540. The number of benzene rings is 2. The van der Waals surface area contributed by atoms with Crippen molar-refractivity contribution < 1.29 is 22.8 Å². The molecule has 0 spiro atoms. The number of hydrogen-bond acceptors (Lipinski definition) is 3. The second-order valence-corrected chi connectivity index (χ2v) is 7.94. The normalized spacial score (nSPS) is 16.7. The molecule has 5 nitrogen and oxygen atoms in total. The maximum Gasteiger partial charge on any atom is 0.416 e. The molecule has 2 aromatic carbocycles. The minimum Gasteiger partial charge on any atom is -0.338 e. The number of halogens is 3. The van der Waals surface area contributed by atoms with E-state index in [1.165, 1.54) is 18.3 Å². The van der Waals surface area contributed by atoms with Crippen molar-refractivity contribution in [2.75, 3.05) is 13.1 Å². The van der Waals surface area contributed by atoms with Crippen molar-refractivity contribution in [2.24, 2.45) is 5.92 Å². The summed E-state index contributed by atoms with van der Waals surface area (Å²) in [6, 6.07) is 14.0. The minimum absolute atomic E-state index is 0.200. The van der Waals surface area contributed by atoms with Gasteiger partial charge in [-0.2, -0.15) is 18.3 Å². The molecule has 1 aromatic heterocycles. The van der Waals surface area contributed by atoms with Gasteiger partial charge in [0.2, 0.25) is 0 Å². The van der Waals surface area contributed by atoms with Gasteiger partial charge in [-0.3, -0.25) is 14.3 Å². The molecule has 0 saturated carbocycles. The summed E-state index contributed by atoms with van der Waals surface area (Å²) in [6.07, 6.45) is 0.0155. The predicted molar refractivity (Wildman–Crippen MR) is 112 cm³/mol. The van der Waals surface area contributed by atoms with E-state index in [0.29, 0.717) is 31.5 Å². The van der Waals surface area contributed by atoms with E-state index in [-0.39, 0.29) is 23.8 Å². The number of aromatic nitrogens is 2. The zero-order chi connectivity index (χ0) is 22.7. The highest BCUT2D eigenvalue weighted by Crippen LogP contribution is 2.30. The third-order valence-corrected chi connectivity index (χ3v) is 5.64. The summed E-state index contributed by atoms with van der Waals surface area (Å²) in [5.41, 5.74) is 0.952. The first-order valence-corrected chi connectivity index (χ1v) is 10.4. The van der Waals surface area contributed by atoms with E-state index < -0.39 is 17.7 Å². The van der Waals surface area contributed by atoms with Crippen LogP contribution in [-0.4, -0.2) is 39.5 Å². The first kappa shape index (κ1) is 21.8. The molecule has 8 heteroatoms. The average molecular weight is 441 g/mol. The summed E-state index contributed by atoms with van der Waals surface area (Å²) >= 11 is 0. The maximum atomic E-state index is 13.0. The first-order valence-electron chi connectivity index (χ1n) is 10.4. The number of carbonyl (C=O) groups excluding carboxylic acids is 2. The highest BCUT2D eigenvalue weighted by molar-refractivity contribution is 5.99. The fraction of sp³-hybridized carbons (Fsp3) is 0.292. The molecular formula is C24H22F3N3O2. The van der Waals surface area contributed by atoms with Gasteiger partial charge in [0.25, 0.3) is 5.91 Å². The average Bonchev–Trinajstić information content (AvgIpc) is 3.27. The lowest BCUT2D eigenvalue weighted by Gasteiger charge is -2.31. The van der Waals surface area contributed by atoms with E-state index in [2.05, 4.69) is 5.10 Å². The molecule has 1 amide bonds. The summed E-state index contributed by atoms with van der Waals surface area (Å²) in [5, 5.41) is 4.27. The smallest absolute Gasteiger partial charge is 0.338 e. The van der Waals surface area contributed by atoms with Gasteiger partial charge in [-0.05, 0) is 30.5 Å². The van der Waals surface area contributed by atoms with Crippen LogP contribution in [0.1, 0.15) is 44.7 Å². The highest BCUT2D eigenvalue weighted by atomic mass is 19.4. The lowest BCUT2D eigenvalue weighted by atomic mass is 9.89. The minimum atomic E-state index is -4.44. The van der Waals surface area contributed by atoms with Gasteiger partial charge in [0.15, 0.2) is 5.78 Å². The molecule has 0 unspecified atom stereocenters. The lowest BCUT2D eigenvalue weighted by Crippen LogP contribution is -2.42. The van der Waals surface area contributed by atoms with Crippen molar-refractivity contribution in [1.29, 1.82) is 0 Å². The third kappa shape index (κ3) is 4.90. The van der Waals surface area contributed by atoms with Gasteiger partial charge in [-0.25, -0.2) is 0 Å². The van der Waals surface area contributed by atoms with Crippen LogP contribution >= 0.6 is 0 Å². The Hall–Kier alpha value is -3.42. The molecule has 1 aliphatic rings. The Labute approximate surface area is 183 Å². The maximum absolute atomic E-state index is 13.0. The molecule has 1 fully saturated rings. The van der Waals surface area contributed by atoms with Crippen molar-refractivity contribution >= 4 is 11.7 Å². The summed E-state index contributed by atoms with van der Waals surface area (Å²) < 4.78 is 40.0. The van der Waals surface area contributed by atoms with Crippen LogP contribution in [0, 0.1) is 5.92 Å². The summed E-state index contributed by atoms with van der Waals surface area (Å²) in [5.74, 6) is -0.881. The molecule has 1 saturated heterocycles. The highest BCUT2D eigenvalue weighted by Gasteiger charge is 2.32. The molecule has 1 aliphatic heterocycles. The molecule has 0 N–H and O–H groups in total. The Balaban J connectivity index is 1.41. The van der Waals surface area contributed by atoms with Crippen LogP contribution in [0.2, 0.25) is 0 Å². The molecular weight excluding hydrogens is 419 g/mol. The van der Waals surface area contributed by atoms with Crippen LogP contribution in [0.15, 0.2) is 67.0 Å². The Kier molecular flexibility index (Phi) is 6.12. The molecule has 1 atom stereocenters. The van der Waals surface area contributed by atoms with Gasteiger partial charge in [-0.15, -0.1) is 0 Å². The lowest BCUT2D eigenvalue weighted by molar-refractivity contribution is -0.137. The van der Waals surface area contributed by atoms with Crippen molar-refractivity contribution in [1.82, 2.24) is 14.7 Å². The van der Waals surface area contributed by atoms with Crippen LogP contribution in [0.3, 0.4) is 0 Å². The zero-order valence-corrected chi connectivity index (χ0v) is 17.3. The van der Waals surface area contributed by atoms with Gasteiger partial charge in [0, 0.05) is 30.8 Å². The number of alkyl halides is 3. The predicted octanol–water partition coefficient (Wildman–Crippen LogP) is 4.69. The number of hydrogen-bond donors (Lipinski definition) is 0. The molecule has 4 rings (SSSR count). The number of Topliss-reactive ketones (excluding diaryl/α,β-unsaturated/α-hetero) is 1. The fourth-order valence-corrected chi connectivity index (χ4v) is 3.95. The van der Waals surface area contributed by atoms with E-state index in [4.69, 9.17) is 0 Å². The Bertz CT molecular complexity index is 1090. The van der Waals surface area contributed by atoms with Crippen molar-refractivity contribution in [2.45, 2.75) is 25.6 Å². The van der Waals surface area contributed by atoms with E-state index >= 15 is 0 Å². The number of piperidine rings is 1. The molecule has 3 aromatic rings. The zero-order valence-electron chi connectivity index (χ0n) is 17.3. The van der Waals surface area contributed by atoms with Crippen molar-refractivity contribution in [3.05, 3.63) is 89.2 Å². The van der Waals surface area contributed by atoms with Crippen molar-refractivity contribution in [3.63, 3.8) is 0 Å². The molecule has 0 aliphatic carbocycles. The first-order chi connectivity index (χ1) is 15.3. The fourth-order valence-electron chi connectivity index (χ4n) is 3.95. The largest absolute Gasteiger partial charge is 0.416 e. The van der Waals surface area contributed by atoms with Crippen LogP contribution in [0.5, 0.6) is 0 Å². The molecule has 0 bridgehead atoms. The standard InChI is InChI=1S/C24H22F3N3O2/c25-24(26,27)21-10-8-18(9-11-21)22(31)19-7-4-12-29(15-19)23(32)20-13-28-30(16-20)14-17-5-2-1-3-6-17/h1-3,5-6,8-11,13,16,19H,4,7,12,14-15H2/t19-/m1/s1. The number of amides is 1. The number of likely N-dealkylation sites (tertiary alicyclic amines) is 1. The topological polar surface area (TPSA) is 55.2 Å². The van der Waals surface area contributed by atoms with E-state index in [0.717, 1.165) is 17.7 Å². The van der Waals surface area contributed by atoms with Crippen LogP contribution in [0.4, 0.5) is 13.2 Å². The van der Waals surface area contributed by atoms with Gasteiger partial charge < -0.3 is 4.90 Å². The van der Waals surface area contributed by atoms with E-state index in [1.54, 1.807) is 15.8 Å². The Morgan fingerprint density at radius 1 is 1.00 bits per heavy atom. The molecule has 0 radical (unpaired) electrons. The van der Waals surface area contributed by atoms with Crippen LogP contribution in [0.25, 0.3) is 0 Å². The second-order valence-electron chi connectivity index (χ2n) is 7.94. The number of nitrogens with zero attached hydrogens (tertiary/aromatic N) is 3. The third-order valence-electron chi connectivity index (χ3n) is 5.64. The summed E-state index contributed by atoms with van der Waals surface area (Å²) in [6.45, 7) is 1.31. The van der Waals surface area contributed by atoms with E-state index in [9.17, 15) is 22.8 Å². The van der Waals surface area contributed by atoms with Gasteiger partial charge >= 0.3 is 6.18 Å². The van der Waals surface area contributed by atoms with Crippen LogP contribution in [-0.2, 0) is 12.7 Å². The number of rotatable bonds is 5. The molecule has 166 valence electrons. The number of carbonyl (C=O) groups is 2. The SMILES string of the molecule is O=C(c1ccc(C(F)(F)F)cc1)[C@@H]1CCCN(C(=O)c2cnn(Cc3ccccc3)c2)C1. The molecule has 32 heavy (non-hydrogen) atoms. The van der Waals surface area contributed by atoms with Gasteiger partial charge in [-0.1, -0.05) is 42.5 Å². The summed E-state index contributed by atoms with van der Waals surface area (Å²) in [4.78, 5) is 27.4. The summed E-state index contributed by atoms with van der Waals surface area (Å²) in [7, 11) is 0. The van der Waals surface area contributed by atoms with Gasteiger partial charge in [0.05, 0.1) is 23.9 Å². The Morgan fingerprint density at radius 2 is 1.72 bits per heavy atom. The van der Waals surface area contributed by atoms with Gasteiger partial charge in [0.1, 0.15) is 0 Å². The second kappa shape index (κ2) is 8.98. The van der Waals surface area contributed by atoms with Crippen LogP contribution < -0.4 is 0 Å². The Morgan fingerprint density at radius 3 is 2.41 bits per heavy atom. The number of ketones is 1.